The van der Waals surface area contributed by atoms with E-state index in [2.05, 4.69) is 20.5 Å². The summed E-state index contributed by atoms with van der Waals surface area (Å²) in [6.07, 6.45) is 1.13. The van der Waals surface area contributed by atoms with Crippen LogP contribution in [0.1, 0.15) is 29.6 Å². The van der Waals surface area contributed by atoms with Crippen LogP contribution in [-0.2, 0) is 0 Å². The van der Waals surface area contributed by atoms with E-state index in [4.69, 9.17) is 0 Å². The molecule has 1 atom stereocenters. The molecule has 4 nitrogen and oxygen atoms in total. The molecule has 0 aromatic carbocycles. The van der Waals surface area contributed by atoms with Crippen LogP contribution in [0.25, 0.3) is 0 Å². The van der Waals surface area contributed by atoms with E-state index in [9.17, 15) is 0 Å². The maximum absolute atomic E-state index is 4.44. The smallest absolute Gasteiger partial charge is 0.155 e. The van der Waals surface area contributed by atoms with E-state index in [-0.39, 0.29) is 0 Å². The lowest BCUT2D eigenvalue weighted by Gasteiger charge is -2.06. The number of aromatic nitrogens is 3. The summed E-state index contributed by atoms with van der Waals surface area (Å²) in [4.78, 5) is 4.44. The van der Waals surface area contributed by atoms with Gasteiger partial charge in [-0.25, -0.2) is 4.98 Å². The highest BCUT2D eigenvalue weighted by molar-refractivity contribution is 5.08. The average Bonchev–Trinajstić information content (AvgIpc) is 2.62. The van der Waals surface area contributed by atoms with Gasteiger partial charge < -0.3 is 5.32 Å². The minimum absolute atomic E-state index is 0.465. The third-order valence-corrected chi connectivity index (χ3v) is 2.53. The zero-order valence-corrected chi connectivity index (χ0v) is 8.04. The van der Waals surface area contributed by atoms with Gasteiger partial charge in [-0.3, -0.25) is 0 Å². The van der Waals surface area contributed by atoms with E-state index in [1.165, 1.54) is 0 Å². The zero-order chi connectivity index (χ0) is 9.26. The number of nitrogens with zero attached hydrogens (tertiary/aromatic N) is 3. The van der Waals surface area contributed by atoms with E-state index in [1.807, 2.05) is 13.8 Å². The van der Waals surface area contributed by atoms with Gasteiger partial charge >= 0.3 is 0 Å². The van der Waals surface area contributed by atoms with Gasteiger partial charge in [0, 0.05) is 12.5 Å². The summed E-state index contributed by atoms with van der Waals surface area (Å²) in [6, 6.07) is 0. The van der Waals surface area contributed by atoms with Gasteiger partial charge in [-0.05, 0) is 26.8 Å². The molecule has 0 radical (unpaired) electrons. The molecule has 2 heterocycles. The number of hydrogen-bond donors (Lipinski definition) is 1. The van der Waals surface area contributed by atoms with Gasteiger partial charge in [0.15, 0.2) is 5.82 Å². The largest absolute Gasteiger partial charge is 0.316 e. The van der Waals surface area contributed by atoms with Crippen molar-refractivity contribution in [2.24, 2.45) is 0 Å². The Labute approximate surface area is 77.8 Å². The molecule has 0 amide bonds. The molecule has 1 saturated heterocycles. The highest BCUT2D eigenvalue weighted by atomic mass is 15.2. The van der Waals surface area contributed by atoms with Crippen molar-refractivity contribution in [1.82, 2.24) is 20.5 Å². The molecular weight excluding hydrogens is 164 g/mol. The second-order valence-corrected chi connectivity index (χ2v) is 3.53. The normalized spacial score (nSPS) is 22.2. The Morgan fingerprint density at radius 1 is 1.23 bits per heavy atom. The van der Waals surface area contributed by atoms with Crippen LogP contribution in [0.3, 0.4) is 0 Å². The van der Waals surface area contributed by atoms with Gasteiger partial charge in [0.25, 0.3) is 0 Å². The monoisotopic (exact) mass is 178 g/mol. The summed E-state index contributed by atoms with van der Waals surface area (Å²) in [5.74, 6) is 1.36. The lowest BCUT2D eigenvalue weighted by atomic mass is 10.1. The Balaban J connectivity index is 2.25. The standard InChI is InChI=1S/C9H14N4/c1-6-7(2)12-13-9(11-6)8-3-4-10-5-8/h8,10H,3-5H2,1-2H3. The number of nitrogens with one attached hydrogen (secondary N) is 1. The summed E-state index contributed by atoms with van der Waals surface area (Å²) >= 11 is 0. The highest BCUT2D eigenvalue weighted by Gasteiger charge is 2.19. The van der Waals surface area contributed by atoms with E-state index in [0.717, 1.165) is 36.7 Å². The summed E-state index contributed by atoms with van der Waals surface area (Å²) in [5, 5.41) is 11.5. The number of hydrogen-bond acceptors (Lipinski definition) is 4. The number of rotatable bonds is 1. The van der Waals surface area contributed by atoms with Gasteiger partial charge in [0.1, 0.15) is 0 Å². The van der Waals surface area contributed by atoms with Crippen LogP contribution in [0.5, 0.6) is 0 Å². The van der Waals surface area contributed by atoms with E-state index in [0.29, 0.717) is 5.92 Å². The van der Waals surface area contributed by atoms with Crippen LogP contribution >= 0.6 is 0 Å². The predicted octanol–water partition coefficient (Wildman–Crippen LogP) is 0.565. The molecule has 1 N–H and O–H groups in total. The molecule has 1 fully saturated rings. The van der Waals surface area contributed by atoms with Crippen LogP contribution < -0.4 is 5.32 Å². The molecule has 0 aliphatic carbocycles. The van der Waals surface area contributed by atoms with Crippen molar-refractivity contribution < 1.29 is 0 Å². The fraction of sp³-hybridized carbons (Fsp3) is 0.667. The van der Waals surface area contributed by atoms with Crippen molar-refractivity contribution in [2.45, 2.75) is 26.2 Å². The Morgan fingerprint density at radius 2 is 2.08 bits per heavy atom. The predicted molar refractivity (Wildman–Crippen MR) is 49.5 cm³/mol. The molecule has 1 aliphatic heterocycles. The van der Waals surface area contributed by atoms with E-state index >= 15 is 0 Å². The molecule has 2 rings (SSSR count). The van der Waals surface area contributed by atoms with Crippen LogP contribution in [0, 0.1) is 13.8 Å². The summed E-state index contributed by atoms with van der Waals surface area (Å²) in [7, 11) is 0. The van der Waals surface area contributed by atoms with Gasteiger partial charge in [-0.2, -0.15) is 5.10 Å². The molecule has 0 spiro atoms. The van der Waals surface area contributed by atoms with Crippen molar-refractivity contribution in [3.63, 3.8) is 0 Å². The molecule has 70 valence electrons. The molecule has 4 heteroatoms. The summed E-state index contributed by atoms with van der Waals surface area (Å²) < 4.78 is 0. The Bertz CT molecular complexity index is 304. The Morgan fingerprint density at radius 3 is 2.69 bits per heavy atom. The fourth-order valence-corrected chi connectivity index (χ4v) is 1.52. The minimum Gasteiger partial charge on any atom is -0.316 e. The third-order valence-electron chi connectivity index (χ3n) is 2.53. The molecule has 1 aliphatic rings. The van der Waals surface area contributed by atoms with Crippen LogP contribution in [-0.4, -0.2) is 28.3 Å². The molecular formula is C9H14N4. The van der Waals surface area contributed by atoms with Crippen molar-refractivity contribution in [1.29, 1.82) is 0 Å². The third kappa shape index (κ3) is 1.67. The van der Waals surface area contributed by atoms with Crippen molar-refractivity contribution >= 4 is 0 Å². The van der Waals surface area contributed by atoms with Gasteiger partial charge in [-0.15, -0.1) is 5.10 Å². The molecule has 1 aromatic rings. The van der Waals surface area contributed by atoms with Crippen molar-refractivity contribution in [3.8, 4) is 0 Å². The van der Waals surface area contributed by atoms with E-state index < -0.39 is 0 Å². The van der Waals surface area contributed by atoms with Gasteiger partial charge in [-0.1, -0.05) is 0 Å². The first kappa shape index (κ1) is 8.56. The summed E-state index contributed by atoms with van der Waals surface area (Å²) in [6.45, 7) is 5.98. The van der Waals surface area contributed by atoms with E-state index in [1.54, 1.807) is 0 Å². The Kier molecular flexibility index (Phi) is 2.22. The van der Waals surface area contributed by atoms with Crippen LogP contribution in [0.2, 0.25) is 0 Å². The van der Waals surface area contributed by atoms with Crippen molar-refractivity contribution in [3.05, 3.63) is 17.2 Å². The molecule has 1 aromatic heterocycles. The van der Waals surface area contributed by atoms with Gasteiger partial charge in [0.05, 0.1) is 11.4 Å². The molecule has 0 bridgehead atoms. The average molecular weight is 178 g/mol. The summed E-state index contributed by atoms with van der Waals surface area (Å²) in [5.41, 5.74) is 1.92. The fourth-order valence-electron chi connectivity index (χ4n) is 1.52. The topological polar surface area (TPSA) is 50.7 Å². The van der Waals surface area contributed by atoms with Crippen LogP contribution in [0.4, 0.5) is 0 Å². The maximum atomic E-state index is 4.44. The first-order chi connectivity index (χ1) is 6.27. The quantitative estimate of drug-likeness (QED) is 0.683. The van der Waals surface area contributed by atoms with Crippen LogP contribution in [0.15, 0.2) is 0 Å². The Hall–Kier alpha value is -1.03. The highest BCUT2D eigenvalue weighted by Crippen LogP contribution is 2.18. The minimum atomic E-state index is 0.465. The first-order valence-electron chi connectivity index (χ1n) is 4.66. The maximum Gasteiger partial charge on any atom is 0.155 e. The second-order valence-electron chi connectivity index (χ2n) is 3.53. The molecule has 1 unspecified atom stereocenters. The van der Waals surface area contributed by atoms with Crippen molar-refractivity contribution in [2.75, 3.05) is 13.1 Å². The van der Waals surface area contributed by atoms with Gasteiger partial charge in [0.2, 0.25) is 0 Å². The molecule has 0 saturated carbocycles. The lowest BCUT2D eigenvalue weighted by molar-refractivity contribution is 0.665. The zero-order valence-electron chi connectivity index (χ0n) is 8.04. The second kappa shape index (κ2) is 3.38. The SMILES string of the molecule is Cc1nnc(C2CCNC2)nc1C. The molecule has 13 heavy (non-hydrogen) atoms. The lowest BCUT2D eigenvalue weighted by Crippen LogP contribution is -2.12. The number of aryl methyl sites for hydroxylation is 2. The first-order valence-corrected chi connectivity index (χ1v) is 4.66.